The molecule has 5 heteroatoms. The van der Waals surface area contributed by atoms with Gasteiger partial charge in [0.2, 0.25) is 0 Å². The summed E-state index contributed by atoms with van der Waals surface area (Å²) in [4.78, 5) is 19.5. The van der Waals surface area contributed by atoms with E-state index in [4.69, 9.17) is 20.1 Å². The fraction of sp³-hybridized carbons (Fsp3) is 0.385. The molecular formula is C13H16O5. The van der Waals surface area contributed by atoms with Gasteiger partial charge in [0.25, 0.3) is 0 Å². The van der Waals surface area contributed by atoms with Crippen LogP contribution in [0.2, 0.25) is 0 Å². The zero-order valence-corrected chi connectivity index (χ0v) is 9.87. The maximum Gasteiger partial charge on any atom is 0.503 e. The Balaban J connectivity index is 0.000000357. The van der Waals surface area contributed by atoms with Crippen molar-refractivity contribution in [2.45, 2.75) is 31.6 Å². The second-order valence-electron chi connectivity index (χ2n) is 4.16. The van der Waals surface area contributed by atoms with E-state index >= 15 is 0 Å². The van der Waals surface area contributed by atoms with Crippen LogP contribution in [-0.4, -0.2) is 27.4 Å². The maximum atomic E-state index is 11.0. The van der Waals surface area contributed by atoms with Crippen LogP contribution >= 0.6 is 0 Å². The van der Waals surface area contributed by atoms with Gasteiger partial charge >= 0.3 is 12.1 Å². The molecule has 98 valence electrons. The summed E-state index contributed by atoms with van der Waals surface area (Å²) in [6.07, 6.45) is 2.92. The normalized spacial score (nSPS) is 14.7. The summed E-state index contributed by atoms with van der Waals surface area (Å²) in [6.45, 7) is 0. The quantitative estimate of drug-likeness (QED) is 0.750. The number of hydrogen-bond donors (Lipinski definition) is 3. The first-order valence-corrected chi connectivity index (χ1v) is 5.76. The Kier molecular flexibility index (Phi) is 5.17. The van der Waals surface area contributed by atoms with Gasteiger partial charge in [-0.2, -0.15) is 0 Å². The van der Waals surface area contributed by atoms with E-state index in [-0.39, 0.29) is 0 Å². The second-order valence-corrected chi connectivity index (χ2v) is 4.16. The predicted octanol–water partition coefficient (Wildman–Crippen LogP) is 3.26. The number of carbonyl (C=O) groups is 2. The number of carboxylic acids is 1. The van der Waals surface area contributed by atoms with Crippen molar-refractivity contribution in [1.29, 1.82) is 0 Å². The van der Waals surface area contributed by atoms with E-state index in [1.165, 1.54) is 12.8 Å². The van der Waals surface area contributed by atoms with Crippen molar-refractivity contribution in [3.63, 3.8) is 0 Å². The molecule has 5 nitrogen and oxygen atoms in total. The molecule has 3 N–H and O–H groups in total. The van der Waals surface area contributed by atoms with Gasteiger partial charge in [-0.25, -0.2) is 9.59 Å². The standard InChI is InChI=1S/C12H14O2.CH2O3/c13-12(14)11-8-4-3-7-10(11)9-5-1-2-6-9;2-1(3)4/h3-4,7-9H,1-2,5-6H2,(H,13,14);(H2,2,3,4). The third-order valence-electron chi connectivity index (χ3n) is 2.99. The van der Waals surface area contributed by atoms with Crippen LogP contribution in [0.4, 0.5) is 4.79 Å². The van der Waals surface area contributed by atoms with Crippen LogP contribution < -0.4 is 0 Å². The Hall–Kier alpha value is -2.04. The van der Waals surface area contributed by atoms with Crippen LogP contribution in [0, 0.1) is 0 Å². The third-order valence-corrected chi connectivity index (χ3v) is 2.99. The minimum absolute atomic E-state index is 0.474. The van der Waals surface area contributed by atoms with Crippen LogP contribution in [0.15, 0.2) is 24.3 Å². The summed E-state index contributed by atoms with van der Waals surface area (Å²) in [5.74, 6) is -0.324. The van der Waals surface area contributed by atoms with E-state index in [2.05, 4.69) is 0 Å². The Morgan fingerprint density at radius 3 is 2.00 bits per heavy atom. The van der Waals surface area contributed by atoms with Crippen LogP contribution in [0.3, 0.4) is 0 Å². The molecule has 18 heavy (non-hydrogen) atoms. The van der Waals surface area contributed by atoms with Crippen LogP contribution in [0.5, 0.6) is 0 Å². The molecule has 1 aliphatic rings. The molecule has 1 aliphatic carbocycles. The Morgan fingerprint density at radius 1 is 1.00 bits per heavy atom. The zero-order valence-electron chi connectivity index (χ0n) is 9.87. The molecule has 0 saturated heterocycles. The summed E-state index contributed by atoms with van der Waals surface area (Å²) >= 11 is 0. The highest BCUT2D eigenvalue weighted by Gasteiger charge is 2.21. The molecular weight excluding hydrogens is 236 g/mol. The first-order chi connectivity index (χ1) is 8.52. The average molecular weight is 252 g/mol. The Morgan fingerprint density at radius 2 is 1.50 bits per heavy atom. The molecule has 0 aliphatic heterocycles. The summed E-state index contributed by atoms with van der Waals surface area (Å²) in [6, 6.07) is 7.39. The van der Waals surface area contributed by atoms with E-state index in [1.54, 1.807) is 12.1 Å². The highest BCUT2D eigenvalue weighted by atomic mass is 16.6. The summed E-state index contributed by atoms with van der Waals surface area (Å²) in [5.41, 5.74) is 1.51. The van der Waals surface area contributed by atoms with Crippen LogP contribution in [-0.2, 0) is 0 Å². The highest BCUT2D eigenvalue weighted by molar-refractivity contribution is 5.89. The van der Waals surface area contributed by atoms with Gasteiger partial charge in [-0.05, 0) is 30.4 Å². The summed E-state index contributed by atoms with van der Waals surface area (Å²) in [5, 5.41) is 23.0. The maximum absolute atomic E-state index is 11.0. The van der Waals surface area contributed by atoms with Crippen molar-refractivity contribution in [2.24, 2.45) is 0 Å². The van der Waals surface area contributed by atoms with Gasteiger partial charge in [0, 0.05) is 0 Å². The van der Waals surface area contributed by atoms with Gasteiger partial charge in [-0.15, -0.1) is 0 Å². The van der Waals surface area contributed by atoms with Gasteiger partial charge in [-0.1, -0.05) is 31.0 Å². The van der Waals surface area contributed by atoms with E-state index < -0.39 is 12.1 Å². The lowest BCUT2D eigenvalue weighted by atomic mass is 9.93. The number of carboxylic acid groups (broad SMARTS) is 3. The first kappa shape index (κ1) is 14.0. The lowest BCUT2D eigenvalue weighted by Crippen LogP contribution is -2.04. The minimum atomic E-state index is -1.83. The van der Waals surface area contributed by atoms with Crippen molar-refractivity contribution >= 4 is 12.1 Å². The van der Waals surface area contributed by atoms with Crippen LogP contribution in [0.25, 0.3) is 0 Å². The predicted molar refractivity (Wildman–Crippen MR) is 65.3 cm³/mol. The molecule has 2 rings (SSSR count). The molecule has 0 aromatic heterocycles. The topological polar surface area (TPSA) is 94.8 Å². The fourth-order valence-electron chi connectivity index (χ4n) is 2.28. The second kappa shape index (κ2) is 6.64. The monoisotopic (exact) mass is 252 g/mol. The molecule has 1 saturated carbocycles. The molecule has 1 aromatic carbocycles. The van der Waals surface area contributed by atoms with Crippen molar-refractivity contribution < 1.29 is 24.9 Å². The molecule has 0 amide bonds. The van der Waals surface area contributed by atoms with Crippen molar-refractivity contribution in [3.05, 3.63) is 35.4 Å². The largest absolute Gasteiger partial charge is 0.503 e. The van der Waals surface area contributed by atoms with Gasteiger partial charge in [-0.3, -0.25) is 0 Å². The van der Waals surface area contributed by atoms with E-state index in [9.17, 15) is 4.79 Å². The Bertz CT molecular complexity index is 417. The molecule has 0 bridgehead atoms. The van der Waals surface area contributed by atoms with E-state index in [0.29, 0.717) is 11.5 Å². The molecule has 1 fully saturated rings. The molecule has 0 radical (unpaired) electrons. The number of rotatable bonds is 2. The third kappa shape index (κ3) is 4.08. The Labute approximate surface area is 105 Å². The molecule has 1 aromatic rings. The lowest BCUT2D eigenvalue weighted by Gasteiger charge is -2.12. The van der Waals surface area contributed by atoms with Gasteiger partial charge in [0.15, 0.2) is 0 Å². The molecule has 0 unspecified atom stereocenters. The number of hydrogen-bond acceptors (Lipinski definition) is 2. The molecule has 0 heterocycles. The highest BCUT2D eigenvalue weighted by Crippen LogP contribution is 2.35. The summed E-state index contributed by atoms with van der Waals surface area (Å²) < 4.78 is 0. The number of aromatic carboxylic acids is 1. The van der Waals surface area contributed by atoms with Crippen molar-refractivity contribution in [2.75, 3.05) is 0 Å². The lowest BCUT2D eigenvalue weighted by molar-refractivity contribution is 0.0695. The smallest absolute Gasteiger partial charge is 0.478 e. The van der Waals surface area contributed by atoms with Crippen LogP contribution in [0.1, 0.15) is 47.5 Å². The zero-order chi connectivity index (χ0) is 13.5. The SMILES string of the molecule is O=C(O)O.O=C(O)c1ccccc1C1CCCC1. The summed E-state index contributed by atoms with van der Waals surface area (Å²) in [7, 11) is 0. The van der Waals surface area contributed by atoms with Crippen molar-refractivity contribution in [1.82, 2.24) is 0 Å². The fourth-order valence-corrected chi connectivity index (χ4v) is 2.28. The van der Waals surface area contributed by atoms with Crippen molar-refractivity contribution in [3.8, 4) is 0 Å². The van der Waals surface area contributed by atoms with Gasteiger partial charge in [0.1, 0.15) is 0 Å². The minimum Gasteiger partial charge on any atom is -0.478 e. The molecule has 0 atom stereocenters. The van der Waals surface area contributed by atoms with E-state index in [0.717, 1.165) is 18.4 Å². The average Bonchev–Trinajstić information content (AvgIpc) is 2.81. The first-order valence-electron chi connectivity index (χ1n) is 5.76. The number of benzene rings is 1. The van der Waals surface area contributed by atoms with Gasteiger partial charge < -0.3 is 15.3 Å². The van der Waals surface area contributed by atoms with Gasteiger partial charge in [0.05, 0.1) is 5.56 Å². The van der Waals surface area contributed by atoms with E-state index in [1.807, 2.05) is 12.1 Å². The molecule has 0 spiro atoms.